The molecule has 7 nitrogen and oxygen atoms in total. The highest BCUT2D eigenvalue weighted by molar-refractivity contribution is 7.92. The first-order chi connectivity index (χ1) is 17.8. The van der Waals surface area contributed by atoms with E-state index in [-0.39, 0.29) is 25.3 Å². The van der Waals surface area contributed by atoms with Gasteiger partial charge >= 0.3 is 12.1 Å². The third kappa shape index (κ3) is 5.39. The molecule has 3 aromatic rings. The fourth-order valence-corrected chi connectivity index (χ4v) is 7.06. The van der Waals surface area contributed by atoms with Gasteiger partial charge in [0.25, 0.3) is 0 Å². The Morgan fingerprint density at radius 1 is 0.919 bits per heavy atom. The molecule has 4 rings (SSSR count). The summed E-state index contributed by atoms with van der Waals surface area (Å²) in [6, 6.07) is 25.1. The van der Waals surface area contributed by atoms with Gasteiger partial charge in [-0.15, -0.1) is 0 Å². The molecule has 8 heteroatoms. The van der Waals surface area contributed by atoms with Crippen LogP contribution in [0.2, 0.25) is 0 Å². The first-order valence-corrected chi connectivity index (χ1v) is 13.9. The van der Waals surface area contributed by atoms with Crippen molar-refractivity contribution < 1.29 is 27.5 Å². The van der Waals surface area contributed by atoms with Crippen LogP contribution in [0.3, 0.4) is 0 Å². The van der Waals surface area contributed by atoms with Crippen molar-refractivity contribution in [2.75, 3.05) is 19.4 Å². The number of benzene rings is 3. The Morgan fingerprint density at radius 3 is 2.11 bits per heavy atom. The van der Waals surface area contributed by atoms with Crippen LogP contribution in [0.4, 0.5) is 4.79 Å². The molecule has 1 aliphatic heterocycles. The summed E-state index contributed by atoms with van der Waals surface area (Å²) >= 11 is 0. The number of sulfone groups is 1. The molecule has 0 radical (unpaired) electrons. The normalized spacial score (nSPS) is 19.4. The highest BCUT2D eigenvalue weighted by Crippen LogP contribution is 2.44. The van der Waals surface area contributed by atoms with Gasteiger partial charge in [-0.25, -0.2) is 18.0 Å². The van der Waals surface area contributed by atoms with Gasteiger partial charge in [0.1, 0.15) is 17.4 Å². The molecule has 1 aliphatic rings. The van der Waals surface area contributed by atoms with E-state index in [0.717, 1.165) is 16.7 Å². The van der Waals surface area contributed by atoms with Crippen LogP contribution in [-0.2, 0) is 35.5 Å². The number of amides is 1. The fraction of sp³-hybridized carbons (Fsp3) is 0.310. The summed E-state index contributed by atoms with van der Waals surface area (Å²) in [6.07, 6.45) is -0.450. The molecule has 1 heterocycles. The summed E-state index contributed by atoms with van der Waals surface area (Å²) in [4.78, 5) is 27.2. The van der Waals surface area contributed by atoms with Crippen molar-refractivity contribution >= 4 is 21.9 Å². The van der Waals surface area contributed by atoms with Gasteiger partial charge in [-0.1, -0.05) is 91.9 Å². The fourth-order valence-electron chi connectivity index (χ4n) is 4.89. The number of methoxy groups -OCH3 is 1. The van der Waals surface area contributed by atoms with Gasteiger partial charge in [0, 0.05) is 13.0 Å². The lowest BCUT2D eigenvalue weighted by Crippen LogP contribution is -2.43. The van der Waals surface area contributed by atoms with Crippen molar-refractivity contribution in [3.05, 3.63) is 96.1 Å². The average molecular weight is 522 g/mol. The van der Waals surface area contributed by atoms with Crippen LogP contribution in [0.25, 0.3) is 11.1 Å². The molecule has 0 bridgehead atoms. The van der Waals surface area contributed by atoms with Crippen LogP contribution in [-0.4, -0.2) is 50.8 Å². The molecule has 0 spiro atoms. The SMILES string of the molecule is CCCS(=O)(=O)[C@@]1(c2ccc(-c3ccccc3)cc2)C[C@@H](C(=O)OC)N(C(=O)OCc2ccccc2)C1. The van der Waals surface area contributed by atoms with Gasteiger partial charge in [0.2, 0.25) is 0 Å². The van der Waals surface area contributed by atoms with E-state index in [1.165, 1.54) is 12.0 Å². The molecule has 37 heavy (non-hydrogen) atoms. The second-order valence-corrected chi connectivity index (χ2v) is 11.6. The van der Waals surface area contributed by atoms with E-state index in [0.29, 0.717) is 12.0 Å². The number of esters is 1. The standard InChI is InChI=1S/C29H31NO6S/c1-3-18-37(33,34)29(25-16-14-24(15-17-25)23-12-8-5-9-13-23)19-26(27(31)35-2)30(21-29)28(32)36-20-22-10-6-4-7-11-22/h4-17,26H,3,18-21H2,1-2H3/t26-,29-/m0/s1. The summed E-state index contributed by atoms with van der Waals surface area (Å²) < 4.78 is 36.6. The third-order valence-electron chi connectivity index (χ3n) is 6.82. The highest BCUT2D eigenvalue weighted by atomic mass is 32.2. The number of likely N-dealkylation sites (tertiary alicyclic amines) is 1. The van der Waals surface area contributed by atoms with Crippen molar-refractivity contribution in [1.29, 1.82) is 0 Å². The summed E-state index contributed by atoms with van der Waals surface area (Å²) in [5.74, 6) is -0.750. The zero-order valence-electron chi connectivity index (χ0n) is 21.0. The highest BCUT2D eigenvalue weighted by Gasteiger charge is 2.57. The Bertz CT molecular complexity index is 1330. The molecular formula is C29H31NO6S. The molecule has 194 valence electrons. The van der Waals surface area contributed by atoms with E-state index in [9.17, 15) is 18.0 Å². The average Bonchev–Trinajstić information content (AvgIpc) is 3.35. The number of ether oxygens (including phenoxy) is 2. The van der Waals surface area contributed by atoms with E-state index < -0.39 is 32.7 Å². The maximum Gasteiger partial charge on any atom is 0.410 e. The summed E-state index contributed by atoms with van der Waals surface area (Å²) in [5.41, 5.74) is 3.26. The summed E-state index contributed by atoms with van der Waals surface area (Å²) in [5, 5.41) is 0. The van der Waals surface area contributed by atoms with Crippen LogP contribution < -0.4 is 0 Å². The van der Waals surface area contributed by atoms with Crippen LogP contribution in [0.5, 0.6) is 0 Å². The van der Waals surface area contributed by atoms with Gasteiger partial charge in [-0.2, -0.15) is 0 Å². The smallest absolute Gasteiger partial charge is 0.410 e. The van der Waals surface area contributed by atoms with E-state index in [2.05, 4.69) is 0 Å². The van der Waals surface area contributed by atoms with Crippen LogP contribution in [0.15, 0.2) is 84.9 Å². The Labute approximate surface area is 217 Å². The number of hydrogen-bond acceptors (Lipinski definition) is 6. The number of nitrogens with zero attached hydrogens (tertiary/aromatic N) is 1. The van der Waals surface area contributed by atoms with Crippen LogP contribution >= 0.6 is 0 Å². The van der Waals surface area contributed by atoms with Crippen molar-refractivity contribution in [2.45, 2.75) is 37.2 Å². The van der Waals surface area contributed by atoms with Gasteiger partial charge < -0.3 is 9.47 Å². The van der Waals surface area contributed by atoms with Crippen molar-refractivity contribution in [3.63, 3.8) is 0 Å². The predicted molar refractivity (Wildman–Crippen MR) is 141 cm³/mol. The van der Waals surface area contributed by atoms with E-state index in [1.54, 1.807) is 19.1 Å². The second-order valence-electron chi connectivity index (χ2n) is 9.17. The Balaban J connectivity index is 1.71. The molecule has 0 N–H and O–H groups in total. The molecule has 1 amide bonds. The minimum Gasteiger partial charge on any atom is -0.467 e. The zero-order chi connectivity index (χ0) is 26.5. The number of carbonyl (C=O) groups is 2. The maximum absolute atomic E-state index is 13.8. The third-order valence-corrected chi connectivity index (χ3v) is 9.49. The number of hydrogen-bond donors (Lipinski definition) is 0. The Hall–Kier alpha value is -3.65. The number of carbonyl (C=O) groups excluding carboxylic acids is 2. The first-order valence-electron chi connectivity index (χ1n) is 12.2. The molecule has 2 atom stereocenters. The lowest BCUT2D eigenvalue weighted by molar-refractivity contribution is -0.145. The molecular weight excluding hydrogens is 490 g/mol. The van der Waals surface area contributed by atoms with Crippen molar-refractivity contribution in [3.8, 4) is 11.1 Å². The van der Waals surface area contributed by atoms with E-state index in [1.807, 2.05) is 72.8 Å². The van der Waals surface area contributed by atoms with E-state index in [4.69, 9.17) is 9.47 Å². The lowest BCUT2D eigenvalue weighted by Gasteiger charge is -2.29. The largest absolute Gasteiger partial charge is 0.467 e. The number of rotatable bonds is 8. The van der Waals surface area contributed by atoms with Gasteiger partial charge in [-0.05, 0) is 28.7 Å². The quantitative estimate of drug-likeness (QED) is 0.389. The van der Waals surface area contributed by atoms with Gasteiger partial charge in [0.15, 0.2) is 9.84 Å². The Kier molecular flexibility index (Phi) is 7.97. The molecule has 0 aromatic heterocycles. The molecule has 3 aromatic carbocycles. The lowest BCUT2D eigenvalue weighted by atomic mass is 9.93. The Morgan fingerprint density at radius 2 is 1.51 bits per heavy atom. The van der Waals surface area contributed by atoms with Crippen molar-refractivity contribution in [2.24, 2.45) is 0 Å². The summed E-state index contributed by atoms with van der Waals surface area (Å²) in [7, 11) is -2.54. The van der Waals surface area contributed by atoms with Gasteiger partial charge in [-0.3, -0.25) is 4.90 Å². The molecule has 1 saturated heterocycles. The van der Waals surface area contributed by atoms with Gasteiger partial charge in [0.05, 0.1) is 12.9 Å². The van der Waals surface area contributed by atoms with Crippen molar-refractivity contribution in [1.82, 2.24) is 4.90 Å². The predicted octanol–water partition coefficient (Wildman–Crippen LogP) is 4.96. The first kappa shape index (κ1) is 26.4. The minimum absolute atomic E-state index is 0.00451. The topological polar surface area (TPSA) is 90.0 Å². The second kappa shape index (κ2) is 11.2. The zero-order valence-corrected chi connectivity index (χ0v) is 21.8. The molecule has 1 fully saturated rings. The monoisotopic (exact) mass is 521 g/mol. The molecule has 0 unspecified atom stereocenters. The summed E-state index contributed by atoms with van der Waals surface area (Å²) in [6.45, 7) is 1.60. The minimum atomic E-state index is -3.77. The molecule has 0 aliphatic carbocycles. The van der Waals surface area contributed by atoms with Crippen LogP contribution in [0.1, 0.15) is 30.9 Å². The maximum atomic E-state index is 13.8. The van der Waals surface area contributed by atoms with E-state index >= 15 is 0 Å². The molecule has 0 saturated carbocycles. The van der Waals surface area contributed by atoms with Crippen LogP contribution in [0, 0.1) is 0 Å².